The number of hydrogen-bond acceptors (Lipinski definition) is 3. The van der Waals surface area contributed by atoms with Crippen LogP contribution in [-0.2, 0) is 13.1 Å². The van der Waals surface area contributed by atoms with Crippen LogP contribution in [0.25, 0.3) is 0 Å². The number of aliphatic hydroxyl groups excluding tert-OH is 1. The van der Waals surface area contributed by atoms with Gasteiger partial charge >= 0.3 is 0 Å². The Hall–Kier alpha value is -0.870. The molecule has 0 saturated carbocycles. The molecule has 1 aliphatic heterocycles. The minimum absolute atomic E-state index is 0.322. The van der Waals surface area contributed by atoms with Crippen LogP contribution < -0.4 is 0 Å². The molecule has 0 aliphatic carbocycles. The van der Waals surface area contributed by atoms with Gasteiger partial charge in [0.05, 0.1) is 5.69 Å². The molecule has 1 unspecified atom stereocenters. The lowest BCUT2D eigenvalue weighted by molar-refractivity contribution is 0.115. The highest BCUT2D eigenvalue weighted by atomic mass is 16.3. The summed E-state index contributed by atoms with van der Waals surface area (Å²) < 4.78 is 2.08. The molecule has 0 bridgehead atoms. The monoisotopic (exact) mass is 251 g/mol. The number of rotatable bonds is 4. The maximum Gasteiger partial charge on any atom is 0.0641 e. The van der Waals surface area contributed by atoms with Crippen molar-refractivity contribution in [2.75, 3.05) is 19.7 Å². The van der Waals surface area contributed by atoms with E-state index in [0.29, 0.717) is 12.5 Å². The minimum Gasteiger partial charge on any atom is -0.396 e. The van der Waals surface area contributed by atoms with E-state index in [1.54, 1.807) is 0 Å². The zero-order chi connectivity index (χ0) is 13.1. The van der Waals surface area contributed by atoms with Crippen molar-refractivity contribution in [2.24, 2.45) is 5.92 Å². The first-order chi connectivity index (χ1) is 8.65. The topological polar surface area (TPSA) is 41.3 Å². The van der Waals surface area contributed by atoms with E-state index in [9.17, 15) is 5.11 Å². The smallest absolute Gasteiger partial charge is 0.0641 e. The van der Waals surface area contributed by atoms with Gasteiger partial charge in [-0.05, 0) is 46.1 Å². The lowest BCUT2D eigenvalue weighted by Crippen LogP contribution is -2.36. The SMILES string of the molecule is CCn1nc(C)c(CN2CCCC(CO)C2)c1C. The van der Waals surface area contributed by atoms with Gasteiger partial charge in [-0.1, -0.05) is 0 Å². The Balaban J connectivity index is 2.07. The second kappa shape index (κ2) is 5.85. The van der Waals surface area contributed by atoms with Crippen LogP contribution in [0.15, 0.2) is 0 Å². The van der Waals surface area contributed by atoms with Crippen molar-refractivity contribution in [2.45, 2.75) is 46.7 Å². The summed E-state index contributed by atoms with van der Waals surface area (Å²) in [6.07, 6.45) is 2.37. The molecular weight excluding hydrogens is 226 g/mol. The van der Waals surface area contributed by atoms with Gasteiger partial charge in [0.2, 0.25) is 0 Å². The van der Waals surface area contributed by atoms with Crippen LogP contribution in [0.4, 0.5) is 0 Å². The van der Waals surface area contributed by atoms with Crippen LogP contribution in [0.5, 0.6) is 0 Å². The predicted molar refractivity (Wildman–Crippen MR) is 72.5 cm³/mol. The van der Waals surface area contributed by atoms with Crippen molar-refractivity contribution < 1.29 is 5.11 Å². The lowest BCUT2D eigenvalue weighted by Gasteiger charge is -2.31. The van der Waals surface area contributed by atoms with Gasteiger partial charge in [-0.15, -0.1) is 0 Å². The number of hydrogen-bond donors (Lipinski definition) is 1. The second-order valence-corrected chi connectivity index (χ2v) is 5.39. The van der Waals surface area contributed by atoms with Crippen LogP contribution >= 0.6 is 0 Å². The molecule has 1 aliphatic rings. The van der Waals surface area contributed by atoms with E-state index in [-0.39, 0.29) is 0 Å². The van der Waals surface area contributed by atoms with Gasteiger partial charge in [-0.2, -0.15) is 5.10 Å². The maximum atomic E-state index is 9.28. The first kappa shape index (κ1) is 13.6. The van der Waals surface area contributed by atoms with Gasteiger partial charge in [-0.25, -0.2) is 0 Å². The number of likely N-dealkylation sites (tertiary alicyclic amines) is 1. The summed E-state index contributed by atoms with van der Waals surface area (Å²) in [7, 11) is 0. The Morgan fingerprint density at radius 3 is 2.78 bits per heavy atom. The molecule has 1 fully saturated rings. The highest BCUT2D eigenvalue weighted by Crippen LogP contribution is 2.21. The molecule has 1 atom stereocenters. The van der Waals surface area contributed by atoms with E-state index in [0.717, 1.165) is 31.9 Å². The molecule has 2 rings (SSSR count). The first-order valence-electron chi connectivity index (χ1n) is 7.01. The van der Waals surface area contributed by atoms with E-state index < -0.39 is 0 Å². The van der Waals surface area contributed by atoms with Crippen LogP contribution in [0, 0.1) is 19.8 Å². The molecule has 1 N–H and O–H groups in total. The van der Waals surface area contributed by atoms with Crippen molar-refractivity contribution >= 4 is 0 Å². The maximum absolute atomic E-state index is 9.28. The van der Waals surface area contributed by atoms with Gasteiger partial charge < -0.3 is 5.11 Å². The molecule has 4 heteroatoms. The fourth-order valence-electron chi connectivity index (χ4n) is 2.94. The van der Waals surface area contributed by atoms with Gasteiger partial charge in [0.15, 0.2) is 0 Å². The summed E-state index contributed by atoms with van der Waals surface area (Å²) >= 11 is 0. The molecular formula is C14H25N3O. The van der Waals surface area contributed by atoms with Gasteiger partial charge in [-0.3, -0.25) is 9.58 Å². The van der Waals surface area contributed by atoms with Crippen molar-refractivity contribution in [1.82, 2.24) is 14.7 Å². The van der Waals surface area contributed by atoms with E-state index in [1.165, 1.54) is 24.1 Å². The summed E-state index contributed by atoms with van der Waals surface area (Å²) in [5, 5.41) is 13.9. The Labute approximate surface area is 110 Å². The van der Waals surface area contributed by atoms with Gasteiger partial charge in [0.25, 0.3) is 0 Å². The highest BCUT2D eigenvalue weighted by Gasteiger charge is 2.21. The van der Waals surface area contributed by atoms with Crippen LogP contribution in [0.2, 0.25) is 0 Å². The molecule has 0 spiro atoms. The number of nitrogens with zero attached hydrogens (tertiary/aromatic N) is 3. The summed E-state index contributed by atoms with van der Waals surface area (Å²) in [6, 6.07) is 0. The molecule has 1 aromatic heterocycles. The number of piperidine rings is 1. The summed E-state index contributed by atoms with van der Waals surface area (Å²) in [5.74, 6) is 0.459. The third-order valence-electron chi connectivity index (χ3n) is 4.07. The number of aromatic nitrogens is 2. The third-order valence-corrected chi connectivity index (χ3v) is 4.07. The molecule has 4 nitrogen and oxygen atoms in total. The molecule has 2 heterocycles. The Morgan fingerprint density at radius 1 is 1.39 bits per heavy atom. The lowest BCUT2D eigenvalue weighted by atomic mass is 9.98. The van der Waals surface area contributed by atoms with Gasteiger partial charge in [0, 0.05) is 37.5 Å². The summed E-state index contributed by atoms with van der Waals surface area (Å²) in [6.45, 7) is 10.8. The third kappa shape index (κ3) is 2.75. The predicted octanol–water partition coefficient (Wildman–Crippen LogP) is 1.72. The Bertz CT molecular complexity index is 400. The summed E-state index contributed by atoms with van der Waals surface area (Å²) in [5.41, 5.74) is 3.82. The van der Waals surface area contributed by atoms with E-state index in [4.69, 9.17) is 0 Å². The average Bonchev–Trinajstić information content (AvgIpc) is 2.66. The van der Waals surface area contributed by atoms with E-state index in [2.05, 4.69) is 35.5 Å². The fourth-order valence-corrected chi connectivity index (χ4v) is 2.94. The zero-order valence-corrected chi connectivity index (χ0v) is 11.8. The average molecular weight is 251 g/mol. The minimum atomic E-state index is 0.322. The van der Waals surface area contributed by atoms with Crippen molar-refractivity contribution in [3.63, 3.8) is 0 Å². The standard InChI is InChI=1S/C14H25N3O/c1-4-17-12(3)14(11(2)15-17)9-16-7-5-6-13(8-16)10-18/h13,18H,4-10H2,1-3H3. The Morgan fingerprint density at radius 2 is 2.17 bits per heavy atom. The van der Waals surface area contributed by atoms with E-state index >= 15 is 0 Å². The summed E-state index contributed by atoms with van der Waals surface area (Å²) in [4.78, 5) is 2.46. The molecule has 18 heavy (non-hydrogen) atoms. The van der Waals surface area contributed by atoms with Crippen LogP contribution in [0.3, 0.4) is 0 Å². The highest BCUT2D eigenvalue weighted by molar-refractivity contribution is 5.24. The van der Waals surface area contributed by atoms with E-state index in [1.807, 2.05) is 0 Å². The number of aryl methyl sites for hydroxylation is 2. The number of aliphatic hydroxyl groups is 1. The van der Waals surface area contributed by atoms with Crippen LogP contribution in [-0.4, -0.2) is 39.5 Å². The molecule has 1 saturated heterocycles. The molecule has 1 aromatic rings. The quantitative estimate of drug-likeness (QED) is 0.886. The van der Waals surface area contributed by atoms with Gasteiger partial charge in [0.1, 0.15) is 0 Å². The van der Waals surface area contributed by atoms with Crippen molar-refractivity contribution in [3.8, 4) is 0 Å². The normalized spacial score (nSPS) is 21.4. The molecule has 0 aromatic carbocycles. The Kier molecular flexibility index (Phi) is 4.40. The fraction of sp³-hybridized carbons (Fsp3) is 0.786. The molecule has 0 radical (unpaired) electrons. The largest absolute Gasteiger partial charge is 0.396 e. The van der Waals surface area contributed by atoms with Crippen molar-refractivity contribution in [1.29, 1.82) is 0 Å². The zero-order valence-electron chi connectivity index (χ0n) is 11.8. The molecule has 0 amide bonds. The van der Waals surface area contributed by atoms with Crippen LogP contribution in [0.1, 0.15) is 36.7 Å². The van der Waals surface area contributed by atoms with Crippen molar-refractivity contribution in [3.05, 3.63) is 17.0 Å². The molecule has 102 valence electrons. The second-order valence-electron chi connectivity index (χ2n) is 5.39. The first-order valence-corrected chi connectivity index (χ1v) is 7.01.